The number of aromatic nitrogens is 4. The SMILES string of the molecule is Cc1cc(Nc2nccc(C(F)F)n2)cc(-c2cnc([C@@H](C)[C@@H]3CC[C@H](C(=O)O)[C@H](C)C3)nc2)c1. The van der Waals surface area contributed by atoms with Gasteiger partial charge < -0.3 is 10.4 Å². The van der Waals surface area contributed by atoms with Gasteiger partial charge in [-0.1, -0.05) is 19.9 Å². The fraction of sp³-hybridized carbons (Fsp3) is 0.423. The quantitative estimate of drug-likeness (QED) is 0.416. The predicted molar refractivity (Wildman–Crippen MR) is 129 cm³/mol. The number of aliphatic carboxylic acids is 1. The average molecular weight is 482 g/mol. The van der Waals surface area contributed by atoms with Gasteiger partial charge in [0.15, 0.2) is 0 Å². The fourth-order valence-corrected chi connectivity index (χ4v) is 4.90. The highest BCUT2D eigenvalue weighted by Gasteiger charge is 2.35. The number of rotatable bonds is 7. The molecule has 1 aliphatic carbocycles. The summed E-state index contributed by atoms with van der Waals surface area (Å²) in [5.41, 5.74) is 3.02. The Kier molecular flexibility index (Phi) is 7.33. The van der Waals surface area contributed by atoms with Gasteiger partial charge in [-0.05, 0) is 67.3 Å². The van der Waals surface area contributed by atoms with Gasteiger partial charge in [0.1, 0.15) is 11.5 Å². The molecule has 4 atom stereocenters. The molecule has 1 aliphatic rings. The monoisotopic (exact) mass is 481 g/mol. The molecule has 0 spiro atoms. The van der Waals surface area contributed by atoms with Gasteiger partial charge in [0.2, 0.25) is 5.95 Å². The van der Waals surface area contributed by atoms with Crippen LogP contribution in [0.25, 0.3) is 11.1 Å². The maximum atomic E-state index is 13.0. The molecule has 1 saturated carbocycles. The molecule has 0 amide bonds. The van der Waals surface area contributed by atoms with Crippen molar-refractivity contribution in [2.45, 2.75) is 52.4 Å². The van der Waals surface area contributed by atoms with Crippen LogP contribution in [0.3, 0.4) is 0 Å². The van der Waals surface area contributed by atoms with Gasteiger partial charge in [-0.2, -0.15) is 0 Å². The molecule has 3 aromatic rings. The van der Waals surface area contributed by atoms with E-state index in [0.717, 1.165) is 35.4 Å². The van der Waals surface area contributed by atoms with Crippen LogP contribution < -0.4 is 5.32 Å². The van der Waals surface area contributed by atoms with E-state index in [4.69, 9.17) is 0 Å². The molecule has 2 aromatic heterocycles. The highest BCUT2D eigenvalue weighted by Crippen LogP contribution is 2.40. The summed E-state index contributed by atoms with van der Waals surface area (Å²) in [7, 11) is 0. The van der Waals surface area contributed by atoms with Crippen LogP contribution in [0.4, 0.5) is 20.4 Å². The number of alkyl halides is 2. The zero-order valence-corrected chi connectivity index (χ0v) is 19.9. The number of hydrogen-bond donors (Lipinski definition) is 2. The number of nitrogens with zero attached hydrogens (tertiary/aromatic N) is 4. The zero-order chi connectivity index (χ0) is 25.1. The van der Waals surface area contributed by atoms with Crippen LogP contribution in [0.15, 0.2) is 42.9 Å². The minimum absolute atomic E-state index is 0.103. The van der Waals surface area contributed by atoms with Gasteiger partial charge in [0.25, 0.3) is 6.43 Å². The van der Waals surface area contributed by atoms with Gasteiger partial charge in [0.05, 0.1) is 5.92 Å². The van der Waals surface area contributed by atoms with E-state index in [9.17, 15) is 18.7 Å². The molecule has 184 valence electrons. The number of carboxylic acid groups (broad SMARTS) is 1. The third-order valence-corrected chi connectivity index (χ3v) is 6.88. The van der Waals surface area contributed by atoms with Crippen molar-refractivity contribution < 1.29 is 18.7 Å². The van der Waals surface area contributed by atoms with E-state index in [1.165, 1.54) is 12.3 Å². The fourth-order valence-electron chi connectivity index (χ4n) is 4.90. The first-order valence-corrected chi connectivity index (χ1v) is 11.8. The second-order valence-electron chi connectivity index (χ2n) is 9.43. The normalized spacial score (nSPS) is 21.0. The van der Waals surface area contributed by atoms with Crippen molar-refractivity contribution in [3.05, 3.63) is 59.9 Å². The van der Waals surface area contributed by atoms with E-state index < -0.39 is 12.4 Å². The molecule has 2 heterocycles. The third kappa shape index (κ3) is 5.78. The van der Waals surface area contributed by atoms with Crippen LogP contribution >= 0.6 is 0 Å². The lowest BCUT2D eigenvalue weighted by Crippen LogP contribution is -2.31. The van der Waals surface area contributed by atoms with Gasteiger partial charge in [-0.25, -0.2) is 28.7 Å². The molecule has 0 radical (unpaired) electrons. The second kappa shape index (κ2) is 10.4. The van der Waals surface area contributed by atoms with E-state index in [1.54, 1.807) is 12.4 Å². The smallest absolute Gasteiger partial charge is 0.306 e. The van der Waals surface area contributed by atoms with Crippen molar-refractivity contribution in [1.29, 1.82) is 0 Å². The lowest BCUT2D eigenvalue weighted by atomic mass is 9.71. The minimum atomic E-state index is -2.67. The van der Waals surface area contributed by atoms with Crippen LogP contribution in [-0.4, -0.2) is 31.0 Å². The Labute approximate surface area is 203 Å². The van der Waals surface area contributed by atoms with Crippen molar-refractivity contribution in [3.63, 3.8) is 0 Å². The maximum absolute atomic E-state index is 13.0. The summed E-state index contributed by atoms with van der Waals surface area (Å²) >= 11 is 0. The Bertz CT molecular complexity index is 1190. The molecular weight excluding hydrogens is 452 g/mol. The van der Waals surface area contributed by atoms with E-state index >= 15 is 0 Å². The first kappa shape index (κ1) is 24.6. The molecule has 0 bridgehead atoms. The summed E-state index contributed by atoms with van der Waals surface area (Å²) in [6, 6.07) is 6.95. The Morgan fingerprint density at radius 1 is 1.11 bits per heavy atom. The Morgan fingerprint density at radius 2 is 1.86 bits per heavy atom. The van der Waals surface area contributed by atoms with E-state index in [1.807, 2.05) is 32.0 Å². The number of carbonyl (C=O) groups is 1. The number of nitrogens with one attached hydrogen (secondary N) is 1. The van der Waals surface area contributed by atoms with Crippen LogP contribution in [0.2, 0.25) is 0 Å². The van der Waals surface area contributed by atoms with Crippen molar-refractivity contribution >= 4 is 17.6 Å². The van der Waals surface area contributed by atoms with Crippen LogP contribution in [-0.2, 0) is 4.79 Å². The molecule has 2 N–H and O–H groups in total. The summed E-state index contributed by atoms with van der Waals surface area (Å²) < 4.78 is 25.9. The molecule has 7 nitrogen and oxygen atoms in total. The third-order valence-electron chi connectivity index (χ3n) is 6.88. The van der Waals surface area contributed by atoms with Crippen LogP contribution in [0.1, 0.15) is 62.5 Å². The summed E-state index contributed by atoms with van der Waals surface area (Å²) in [4.78, 5) is 28.6. The van der Waals surface area contributed by atoms with E-state index in [-0.39, 0.29) is 29.4 Å². The summed E-state index contributed by atoms with van der Waals surface area (Å²) in [6.45, 7) is 6.06. The number of carboxylic acids is 1. The standard InChI is InChI=1S/C26H29F2N5O2/c1-14-8-18(11-20(9-14)32-26-29-7-6-22(33-26)23(27)28)19-12-30-24(31-13-19)16(3)17-4-5-21(25(34)35)15(2)10-17/h6-9,11-13,15-17,21,23H,4-5,10H2,1-3H3,(H,34,35)(H,29,32,33)/t15-,16+,17-,21+/m1/s1. The number of hydrogen-bond acceptors (Lipinski definition) is 6. The molecule has 35 heavy (non-hydrogen) atoms. The highest BCUT2D eigenvalue weighted by atomic mass is 19.3. The molecule has 9 heteroatoms. The van der Waals surface area contributed by atoms with Gasteiger partial charge in [-0.15, -0.1) is 0 Å². The van der Waals surface area contributed by atoms with Gasteiger partial charge >= 0.3 is 5.97 Å². The number of aryl methyl sites for hydroxylation is 1. The summed E-state index contributed by atoms with van der Waals surface area (Å²) in [6.07, 6.45) is 4.61. The molecular formula is C26H29F2N5O2. The Hall–Kier alpha value is -3.49. The maximum Gasteiger partial charge on any atom is 0.306 e. The molecule has 1 fully saturated rings. The van der Waals surface area contributed by atoms with E-state index in [0.29, 0.717) is 18.0 Å². The van der Waals surface area contributed by atoms with Crippen LogP contribution in [0.5, 0.6) is 0 Å². The molecule has 0 unspecified atom stereocenters. The lowest BCUT2D eigenvalue weighted by molar-refractivity contribution is -0.145. The topological polar surface area (TPSA) is 101 Å². The van der Waals surface area contributed by atoms with Crippen LogP contribution in [0, 0.1) is 24.7 Å². The average Bonchev–Trinajstić information content (AvgIpc) is 2.83. The number of anilines is 2. The number of benzene rings is 1. The molecule has 0 aliphatic heterocycles. The van der Waals surface area contributed by atoms with Gasteiger partial charge in [0, 0.05) is 35.8 Å². The minimum Gasteiger partial charge on any atom is -0.481 e. The predicted octanol–water partition coefficient (Wildman–Crippen LogP) is 6.16. The van der Waals surface area contributed by atoms with Gasteiger partial charge in [-0.3, -0.25) is 4.79 Å². The first-order valence-electron chi connectivity index (χ1n) is 11.8. The van der Waals surface area contributed by atoms with Crippen molar-refractivity contribution in [2.24, 2.45) is 17.8 Å². The highest BCUT2D eigenvalue weighted by molar-refractivity contribution is 5.71. The molecule has 0 saturated heterocycles. The zero-order valence-electron chi connectivity index (χ0n) is 19.9. The lowest BCUT2D eigenvalue weighted by Gasteiger charge is -2.34. The second-order valence-corrected chi connectivity index (χ2v) is 9.43. The Morgan fingerprint density at radius 3 is 2.51 bits per heavy atom. The van der Waals surface area contributed by atoms with Crippen molar-refractivity contribution in [1.82, 2.24) is 19.9 Å². The Balaban J connectivity index is 1.49. The number of halogens is 2. The van der Waals surface area contributed by atoms with Crippen molar-refractivity contribution in [3.8, 4) is 11.1 Å². The molecule has 4 rings (SSSR count). The molecule has 1 aromatic carbocycles. The van der Waals surface area contributed by atoms with E-state index in [2.05, 4.69) is 32.2 Å². The first-order chi connectivity index (χ1) is 16.7. The largest absolute Gasteiger partial charge is 0.481 e. The summed E-state index contributed by atoms with van der Waals surface area (Å²) in [5, 5.41) is 12.4. The van der Waals surface area contributed by atoms with Crippen molar-refractivity contribution in [2.75, 3.05) is 5.32 Å². The summed E-state index contributed by atoms with van der Waals surface area (Å²) in [5.74, 6) is 0.505.